The first kappa shape index (κ1) is 18.6. The highest BCUT2D eigenvalue weighted by Gasteiger charge is 2.08. The molecule has 1 aromatic rings. The highest BCUT2D eigenvalue weighted by atomic mass is 35.5. The Morgan fingerprint density at radius 2 is 1.57 bits per heavy atom. The van der Waals surface area contributed by atoms with Crippen LogP contribution in [0.4, 0.5) is 0 Å². The molecule has 0 bridgehead atoms. The molecule has 0 aliphatic carbocycles. The van der Waals surface area contributed by atoms with E-state index >= 15 is 0 Å². The largest absolute Gasteiger partial charge is 0.491 e. The van der Waals surface area contributed by atoms with Crippen LogP contribution in [0.5, 0.6) is 5.75 Å². The molecule has 0 heterocycles. The van der Waals surface area contributed by atoms with Crippen LogP contribution < -0.4 is 10.1 Å². The Morgan fingerprint density at radius 1 is 0.952 bits per heavy atom. The van der Waals surface area contributed by atoms with Gasteiger partial charge in [-0.2, -0.15) is 0 Å². The average molecular weight is 332 g/mol. The number of halogens is 2. The fraction of sp³-hybridized carbons (Fsp3) is 0.647. The Kier molecular flexibility index (Phi) is 9.90. The molecule has 0 fully saturated rings. The molecule has 1 aromatic carbocycles. The summed E-state index contributed by atoms with van der Waals surface area (Å²) in [5.41, 5.74) is 1.10. The fourth-order valence-electron chi connectivity index (χ4n) is 2.26. The van der Waals surface area contributed by atoms with Crippen LogP contribution in [0.3, 0.4) is 0 Å². The van der Waals surface area contributed by atoms with Gasteiger partial charge in [-0.05, 0) is 37.6 Å². The molecule has 0 atom stereocenters. The van der Waals surface area contributed by atoms with Crippen molar-refractivity contribution in [2.24, 2.45) is 0 Å². The third-order valence-corrected chi connectivity index (χ3v) is 3.94. The SMILES string of the molecule is CCCCCCCCNCc1cc(Cl)c(OCC)c(Cl)c1. The van der Waals surface area contributed by atoms with Gasteiger partial charge in [0.25, 0.3) is 0 Å². The summed E-state index contributed by atoms with van der Waals surface area (Å²) in [5.74, 6) is 0.584. The molecular formula is C17H27Cl2NO. The van der Waals surface area contributed by atoms with Crippen molar-refractivity contribution in [2.45, 2.75) is 58.9 Å². The van der Waals surface area contributed by atoms with Gasteiger partial charge in [0, 0.05) is 6.54 Å². The van der Waals surface area contributed by atoms with E-state index in [9.17, 15) is 0 Å². The number of unbranched alkanes of at least 4 members (excludes halogenated alkanes) is 5. The van der Waals surface area contributed by atoms with Crippen molar-refractivity contribution in [3.8, 4) is 5.75 Å². The van der Waals surface area contributed by atoms with E-state index in [4.69, 9.17) is 27.9 Å². The number of ether oxygens (including phenoxy) is 1. The third kappa shape index (κ3) is 7.39. The monoisotopic (exact) mass is 331 g/mol. The molecule has 1 rings (SSSR count). The summed E-state index contributed by atoms with van der Waals surface area (Å²) < 4.78 is 5.43. The quantitative estimate of drug-likeness (QED) is 0.514. The highest BCUT2D eigenvalue weighted by molar-refractivity contribution is 6.37. The number of rotatable bonds is 11. The molecule has 4 heteroatoms. The lowest BCUT2D eigenvalue weighted by Gasteiger charge is -2.11. The van der Waals surface area contributed by atoms with Gasteiger partial charge in [0.15, 0.2) is 5.75 Å². The predicted octanol–water partition coefficient (Wildman–Crippen LogP) is 5.84. The van der Waals surface area contributed by atoms with Crippen LogP contribution in [0, 0.1) is 0 Å². The normalized spacial score (nSPS) is 10.9. The van der Waals surface area contributed by atoms with E-state index in [0.29, 0.717) is 22.4 Å². The number of hydrogen-bond acceptors (Lipinski definition) is 2. The van der Waals surface area contributed by atoms with Gasteiger partial charge in [-0.3, -0.25) is 0 Å². The lowest BCUT2D eigenvalue weighted by Crippen LogP contribution is -2.14. The van der Waals surface area contributed by atoms with Crippen molar-refractivity contribution in [1.82, 2.24) is 5.32 Å². The maximum absolute atomic E-state index is 6.19. The summed E-state index contributed by atoms with van der Waals surface area (Å²) >= 11 is 12.4. The summed E-state index contributed by atoms with van der Waals surface area (Å²) in [6, 6.07) is 3.85. The van der Waals surface area contributed by atoms with E-state index in [1.54, 1.807) is 0 Å². The zero-order valence-corrected chi connectivity index (χ0v) is 14.7. The van der Waals surface area contributed by atoms with Crippen LogP contribution in [0.15, 0.2) is 12.1 Å². The van der Waals surface area contributed by atoms with Crippen LogP contribution in [0.25, 0.3) is 0 Å². The molecule has 1 N–H and O–H groups in total. The van der Waals surface area contributed by atoms with Gasteiger partial charge in [-0.25, -0.2) is 0 Å². The van der Waals surface area contributed by atoms with E-state index in [1.807, 2.05) is 19.1 Å². The van der Waals surface area contributed by atoms with E-state index in [1.165, 1.54) is 38.5 Å². The zero-order valence-electron chi connectivity index (χ0n) is 13.2. The van der Waals surface area contributed by atoms with Crippen molar-refractivity contribution in [1.29, 1.82) is 0 Å². The first-order chi connectivity index (χ1) is 10.2. The van der Waals surface area contributed by atoms with Gasteiger partial charge in [0.2, 0.25) is 0 Å². The second-order valence-corrected chi connectivity index (χ2v) is 6.08. The van der Waals surface area contributed by atoms with Gasteiger partial charge in [-0.1, -0.05) is 62.2 Å². The standard InChI is InChI=1S/C17H27Cl2NO/c1-3-5-6-7-8-9-10-20-13-14-11-15(18)17(21-4-2)16(19)12-14/h11-12,20H,3-10,13H2,1-2H3. The highest BCUT2D eigenvalue weighted by Crippen LogP contribution is 2.34. The molecule has 0 aliphatic rings. The van der Waals surface area contributed by atoms with Gasteiger partial charge in [0.1, 0.15) is 0 Å². The fourth-order valence-corrected chi connectivity index (χ4v) is 2.90. The molecule has 0 saturated heterocycles. The smallest absolute Gasteiger partial charge is 0.156 e. The molecule has 0 unspecified atom stereocenters. The Hall–Kier alpha value is -0.440. The van der Waals surface area contributed by atoms with Crippen molar-refractivity contribution >= 4 is 23.2 Å². The van der Waals surface area contributed by atoms with Crippen molar-refractivity contribution in [2.75, 3.05) is 13.2 Å². The van der Waals surface area contributed by atoms with Crippen LogP contribution in [0.1, 0.15) is 57.9 Å². The molecule has 21 heavy (non-hydrogen) atoms. The molecule has 120 valence electrons. The summed E-state index contributed by atoms with van der Waals surface area (Å²) in [6.45, 7) is 6.56. The second kappa shape index (κ2) is 11.2. The van der Waals surface area contributed by atoms with Gasteiger partial charge in [-0.15, -0.1) is 0 Å². The van der Waals surface area contributed by atoms with Crippen LogP contribution in [-0.2, 0) is 6.54 Å². The summed E-state index contributed by atoms with van der Waals surface area (Å²) in [6.07, 6.45) is 7.89. The minimum absolute atomic E-state index is 0.565. The molecular weight excluding hydrogens is 305 g/mol. The lowest BCUT2D eigenvalue weighted by atomic mass is 10.1. The maximum atomic E-state index is 6.19. The van der Waals surface area contributed by atoms with Gasteiger partial charge < -0.3 is 10.1 Å². The minimum atomic E-state index is 0.565. The van der Waals surface area contributed by atoms with E-state index in [2.05, 4.69) is 12.2 Å². The van der Waals surface area contributed by atoms with E-state index in [0.717, 1.165) is 18.7 Å². The number of hydrogen-bond donors (Lipinski definition) is 1. The Bertz CT molecular complexity index is 387. The molecule has 0 amide bonds. The van der Waals surface area contributed by atoms with Crippen molar-refractivity contribution < 1.29 is 4.74 Å². The Morgan fingerprint density at radius 3 is 2.19 bits per heavy atom. The molecule has 0 saturated carbocycles. The molecule has 0 spiro atoms. The van der Waals surface area contributed by atoms with Gasteiger partial charge in [0.05, 0.1) is 16.7 Å². The lowest BCUT2D eigenvalue weighted by molar-refractivity contribution is 0.340. The predicted molar refractivity (Wildman–Crippen MR) is 92.7 cm³/mol. The van der Waals surface area contributed by atoms with Gasteiger partial charge >= 0.3 is 0 Å². The molecule has 0 radical (unpaired) electrons. The molecule has 0 aromatic heterocycles. The van der Waals surface area contributed by atoms with Crippen molar-refractivity contribution in [3.63, 3.8) is 0 Å². The molecule has 0 aliphatic heterocycles. The van der Waals surface area contributed by atoms with Crippen LogP contribution in [-0.4, -0.2) is 13.2 Å². The Balaban J connectivity index is 2.26. The van der Waals surface area contributed by atoms with Crippen molar-refractivity contribution in [3.05, 3.63) is 27.7 Å². The second-order valence-electron chi connectivity index (χ2n) is 5.27. The Labute approximate surface area is 139 Å². The van der Waals surface area contributed by atoms with Crippen LogP contribution in [0.2, 0.25) is 10.0 Å². The zero-order chi connectivity index (χ0) is 15.5. The van der Waals surface area contributed by atoms with E-state index in [-0.39, 0.29) is 0 Å². The number of nitrogens with one attached hydrogen (secondary N) is 1. The summed E-state index contributed by atoms with van der Waals surface area (Å²) in [4.78, 5) is 0. The van der Waals surface area contributed by atoms with E-state index < -0.39 is 0 Å². The number of benzene rings is 1. The maximum Gasteiger partial charge on any atom is 0.156 e. The first-order valence-corrected chi connectivity index (χ1v) is 8.76. The minimum Gasteiger partial charge on any atom is -0.491 e. The van der Waals surface area contributed by atoms with Crippen LogP contribution >= 0.6 is 23.2 Å². The third-order valence-electron chi connectivity index (χ3n) is 3.38. The average Bonchev–Trinajstić information content (AvgIpc) is 2.46. The molecule has 2 nitrogen and oxygen atoms in total. The topological polar surface area (TPSA) is 21.3 Å². The first-order valence-electron chi connectivity index (χ1n) is 8.00. The summed E-state index contributed by atoms with van der Waals surface area (Å²) in [7, 11) is 0. The summed E-state index contributed by atoms with van der Waals surface area (Å²) in [5, 5.41) is 4.61.